The molecular formula is C15H22ClFN2O2. The van der Waals surface area contributed by atoms with Crippen LogP contribution in [0.15, 0.2) is 18.2 Å². The topological polar surface area (TPSA) is 64.3 Å². The van der Waals surface area contributed by atoms with E-state index in [9.17, 15) is 9.18 Å². The standard InChI is InChI=1S/C15H21FN2O2.ClH/c1-20-14-7-6-10(8-12(14)16)15(19)18-13-5-3-2-4-11(13)9-17;/h6-8,11,13H,2-5,9,17H2,1H3,(H,18,19);1H. The summed E-state index contributed by atoms with van der Waals surface area (Å²) in [5, 5.41) is 2.97. The summed E-state index contributed by atoms with van der Waals surface area (Å²) in [4.78, 5) is 12.2. The molecule has 118 valence electrons. The van der Waals surface area contributed by atoms with Crippen LogP contribution in [0.25, 0.3) is 0 Å². The molecule has 3 N–H and O–H groups in total. The van der Waals surface area contributed by atoms with E-state index in [1.807, 2.05) is 0 Å². The van der Waals surface area contributed by atoms with E-state index in [0.717, 1.165) is 25.7 Å². The molecule has 2 rings (SSSR count). The Morgan fingerprint density at radius 3 is 2.76 bits per heavy atom. The lowest BCUT2D eigenvalue weighted by molar-refractivity contribution is 0.0907. The molecule has 0 spiro atoms. The summed E-state index contributed by atoms with van der Waals surface area (Å²) < 4.78 is 18.4. The van der Waals surface area contributed by atoms with Crippen LogP contribution in [0.4, 0.5) is 4.39 Å². The molecule has 21 heavy (non-hydrogen) atoms. The quantitative estimate of drug-likeness (QED) is 0.897. The first kappa shape index (κ1) is 17.7. The number of halogens is 2. The van der Waals surface area contributed by atoms with Crippen LogP contribution < -0.4 is 15.8 Å². The molecule has 1 aliphatic rings. The minimum atomic E-state index is -0.529. The number of carbonyl (C=O) groups excluding carboxylic acids is 1. The van der Waals surface area contributed by atoms with Gasteiger partial charge in [0.15, 0.2) is 11.6 Å². The SMILES string of the molecule is COc1ccc(C(=O)NC2CCCCC2CN)cc1F.Cl. The third-order valence-electron chi connectivity index (χ3n) is 3.94. The number of amides is 1. The molecule has 0 aromatic heterocycles. The second kappa shape index (κ2) is 8.20. The van der Waals surface area contributed by atoms with Gasteiger partial charge < -0.3 is 15.8 Å². The second-order valence-electron chi connectivity index (χ2n) is 5.21. The number of rotatable bonds is 4. The normalized spacial score (nSPS) is 21.3. The Kier molecular flexibility index (Phi) is 6.92. The number of nitrogens with two attached hydrogens (primary N) is 1. The highest BCUT2D eigenvalue weighted by Crippen LogP contribution is 2.24. The van der Waals surface area contributed by atoms with Gasteiger partial charge in [-0.2, -0.15) is 0 Å². The molecule has 6 heteroatoms. The third kappa shape index (κ3) is 4.32. The van der Waals surface area contributed by atoms with Gasteiger partial charge in [-0.15, -0.1) is 12.4 Å². The van der Waals surface area contributed by atoms with Gasteiger partial charge in [-0.05, 0) is 43.5 Å². The van der Waals surface area contributed by atoms with Gasteiger partial charge in [-0.3, -0.25) is 4.79 Å². The molecule has 0 radical (unpaired) electrons. The molecule has 1 aromatic carbocycles. The lowest BCUT2D eigenvalue weighted by Gasteiger charge is -2.31. The Morgan fingerprint density at radius 1 is 1.43 bits per heavy atom. The summed E-state index contributed by atoms with van der Waals surface area (Å²) in [5.74, 6) is -0.328. The van der Waals surface area contributed by atoms with Crippen molar-refractivity contribution in [3.63, 3.8) is 0 Å². The Morgan fingerprint density at radius 2 is 2.14 bits per heavy atom. The monoisotopic (exact) mass is 316 g/mol. The molecule has 1 amide bonds. The summed E-state index contributed by atoms with van der Waals surface area (Å²) in [6, 6.07) is 4.32. The maximum atomic E-state index is 13.6. The van der Waals surface area contributed by atoms with E-state index in [1.165, 1.54) is 19.2 Å². The molecule has 1 fully saturated rings. The summed E-state index contributed by atoms with van der Waals surface area (Å²) in [5.41, 5.74) is 6.05. The van der Waals surface area contributed by atoms with Gasteiger partial charge in [0.05, 0.1) is 7.11 Å². The van der Waals surface area contributed by atoms with E-state index in [1.54, 1.807) is 6.07 Å². The van der Waals surface area contributed by atoms with E-state index in [-0.39, 0.29) is 30.1 Å². The van der Waals surface area contributed by atoms with Crippen molar-refractivity contribution in [2.24, 2.45) is 11.7 Å². The molecular weight excluding hydrogens is 295 g/mol. The average molecular weight is 317 g/mol. The fraction of sp³-hybridized carbons (Fsp3) is 0.533. The first-order chi connectivity index (χ1) is 9.65. The van der Waals surface area contributed by atoms with Gasteiger partial charge in [0.1, 0.15) is 0 Å². The summed E-state index contributed by atoms with van der Waals surface area (Å²) in [7, 11) is 1.39. The zero-order valence-corrected chi connectivity index (χ0v) is 12.9. The van der Waals surface area contributed by atoms with E-state index in [4.69, 9.17) is 10.5 Å². The zero-order chi connectivity index (χ0) is 14.5. The molecule has 0 aliphatic heterocycles. The second-order valence-corrected chi connectivity index (χ2v) is 5.21. The number of methoxy groups -OCH3 is 1. The van der Waals surface area contributed by atoms with E-state index in [2.05, 4.69) is 5.32 Å². The summed E-state index contributed by atoms with van der Waals surface area (Å²) in [6.07, 6.45) is 4.23. The van der Waals surface area contributed by atoms with Crippen LogP contribution in [0.1, 0.15) is 36.0 Å². The molecule has 0 saturated heterocycles. The van der Waals surface area contributed by atoms with Crippen molar-refractivity contribution in [3.8, 4) is 5.75 Å². The Balaban J connectivity index is 0.00000220. The molecule has 2 atom stereocenters. The van der Waals surface area contributed by atoms with Crippen molar-refractivity contribution in [1.29, 1.82) is 0 Å². The van der Waals surface area contributed by atoms with Crippen LogP contribution in [0, 0.1) is 11.7 Å². The maximum absolute atomic E-state index is 13.6. The maximum Gasteiger partial charge on any atom is 0.251 e. The third-order valence-corrected chi connectivity index (χ3v) is 3.94. The fourth-order valence-corrected chi connectivity index (χ4v) is 2.74. The Bertz CT molecular complexity index is 485. The average Bonchev–Trinajstić information content (AvgIpc) is 2.47. The first-order valence-electron chi connectivity index (χ1n) is 7.00. The number of hydrogen-bond donors (Lipinski definition) is 2. The van der Waals surface area contributed by atoms with Crippen molar-refractivity contribution < 1.29 is 13.9 Å². The van der Waals surface area contributed by atoms with Crippen molar-refractivity contribution in [2.75, 3.05) is 13.7 Å². The van der Waals surface area contributed by atoms with Crippen molar-refractivity contribution >= 4 is 18.3 Å². The first-order valence-corrected chi connectivity index (χ1v) is 7.00. The minimum Gasteiger partial charge on any atom is -0.494 e. The minimum absolute atomic E-state index is 0. The van der Waals surface area contributed by atoms with Crippen molar-refractivity contribution in [3.05, 3.63) is 29.6 Å². The predicted octanol–water partition coefficient (Wildman–Crippen LogP) is 2.50. The highest BCUT2D eigenvalue weighted by atomic mass is 35.5. The molecule has 0 bridgehead atoms. The predicted molar refractivity (Wildman–Crippen MR) is 82.5 cm³/mol. The number of ether oxygens (including phenoxy) is 1. The fourth-order valence-electron chi connectivity index (χ4n) is 2.74. The number of hydrogen-bond acceptors (Lipinski definition) is 3. The summed E-state index contributed by atoms with van der Waals surface area (Å²) >= 11 is 0. The highest BCUT2D eigenvalue weighted by molar-refractivity contribution is 5.94. The largest absolute Gasteiger partial charge is 0.494 e. The lowest BCUT2D eigenvalue weighted by Crippen LogP contribution is -2.44. The smallest absolute Gasteiger partial charge is 0.251 e. The van der Waals surface area contributed by atoms with Gasteiger partial charge in [-0.25, -0.2) is 4.39 Å². The van der Waals surface area contributed by atoms with Crippen molar-refractivity contribution in [2.45, 2.75) is 31.7 Å². The van der Waals surface area contributed by atoms with Crippen LogP contribution >= 0.6 is 12.4 Å². The Labute approximate surface area is 130 Å². The number of nitrogens with one attached hydrogen (secondary N) is 1. The van der Waals surface area contributed by atoms with Crippen molar-refractivity contribution in [1.82, 2.24) is 5.32 Å². The van der Waals surface area contributed by atoms with Gasteiger partial charge >= 0.3 is 0 Å². The van der Waals surface area contributed by atoms with Gasteiger partial charge in [0.25, 0.3) is 5.91 Å². The van der Waals surface area contributed by atoms with Gasteiger partial charge in [0.2, 0.25) is 0 Å². The molecule has 4 nitrogen and oxygen atoms in total. The van der Waals surface area contributed by atoms with E-state index in [0.29, 0.717) is 18.0 Å². The summed E-state index contributed by atoms with van der Waals surface area (Å²) in [6.45, 7) is 0.571. The van der Waals surface area contributed by atoms with Gasteiger partial charge in [0, 0.05) is 11.6 Å². The molecule has 1 aliphatic carbocycles. The number of benzene rings is 1. The van der Waals surface area contributed by atoms with Crippen LogP contribution in [0.3, 0.4) is 0 Å². The molecule has 1 saturated carbocycles. The van der Waals surface area contributed by atoms with E-state index < -0.39 is 5.82 Å². The molecule has 1 aromatic rings. The zero-order valence-electron chi connectivity index (χ0n) is 12.1. The van der Waals surface area contributed by atoms with Crippen LogP contribution in [-0.2, 0) is 0 Å². The molecule has 0 heterocycles. The van der Waals surface area contributed by atoms with Gasteiger partial charge in [-0.1, -0.05) is 12.8 Å². The lowest BCUT2D eigenvalue weighted by atomic mass is 9.84. The van der Waals surface area contributed by atoms with Crippen LogP contribution in [-0.4, -0.2) is 25.6 Å². The van der Waals surface area contributed by atoms with Crippen LogP contribution in [0.5, 0.6) is 5.75 Å². The Hall–Kier alpha value is -1.33. The molecule has 2 unspecified atom stereocenters. The van der Waals surface area contributed by atoms with E-state index >= 15 is 0 Å². The van der Waals surface area contributed by atoms with Crippen LogP contribution in [0.2, 0.25) is 0 Å². The highest BCUT2D eigenvalue weighted by Gasteiger charge is 2.25. The number of carbonyl (C=O) groups is 1.